The van der Waals surface area contributed by atoms with E-state index in [0.29, 0.717) is 0 Å². The molecule has 0 bridgehead atoms. The molecular formula is C16H18BrNO2. The quantitative estimate of drug-likeness (QED) is 0.906. The second-order valence-electron chi connectivity index (χ2n) is 4.65. The first-order valence-corrected chi connectivity index (χ1v) is 7.16. The number of aliphatic hydroxyl groups excluding tert-OH is 1. The first-order valence-electron chi connectivity index (χ1n) is 6.37. The smallest absolute Gasteiger partial charge is 0.119 e. The van der Waals surface area contributed by atoms with Crippen LogP contribution in [0.25, 0.3) is 0 Å². The van der Waals surface area contributed by atoms with E-state index < -0.39 is 0 Å². The maximum absolute atomic E-state index is 9.14. The Kier molecular flexibility index (Phi) is 5.04. The van der Waals surface area contributed by atoms with Gasteiger partial charge in [0.05, 0.1) is 19.4 Å². The number of hydrogen-bond acceptors (Lipinski definition) is 3. The van der Waals surface area contributed by atoms with E-state index in [1.165, 1.54) is 5.56 Å². The molecule has 0 fully saturated rings. The van der Waals surface area contributed by atoms with Crippen LogP contribution in [-0.2, 0) is 13.2 Å². The van der Waals surface area contributed by atoms with Crippen molar-refractivity contribution in [3.05, 3.63) is 58.1 Å². The Bertz CT molecular complexity index is 586. The Morgan fingerprint density at radius 2 is 1.95 bits per heavy atom. The maximum atomic E-state index is 9.14. The van der Waals surface area contributed by atoms with Gasteiger partial charge in [-0.15, -0.1) is 0 Å². The monoisotopic (exact) mass is 335 g/mol. The third-order valence-electron chi connectivity index (χ3n) is 3.16. The van der Waals surface area contributed by atoms with Crippen molar-refractivity contribution in [2.75, 3.05) is 19.1 Å². The molecule has 4 heteroatoms. The average molecular weight is 336 g/mol. The van der Waals surface area contributed by atoms with Gasteiger partial charge in [0.15, 0.2) is 0 Å². The predicted octanol–water partition coefficient (Wildman–Crippen LogP) is 3.59. The molecule has 2 aromatic carbocycles. The minimum absolute atomic E-state index is 0.0540. The Balaban J connectivity index is 2.16. The van der Waals surface area contributed by atoms with Crippen LogP contribution in [0, 0.1) is 0 Å². The van der Waals surface area contributed by atoms with E-state index >= 15 is 0 Å². The number of ether oxygens (including phenoxy) is 1. The Morgan fingerprint density at radius 1 is 1.15 bits per heavy atom. The van der Waals surface area contributed by atoms with Crippen LogP contribution in [0.5, 0.6) is 5.75 Å². The zero-order valence-corrected chi connectivity index (χ0v) is 13.2. The van der Waals surface area contributed by atoms with E-state index in [9.17, 15) is 0 Å². The van der Waals surface area contributed by atoms with Gasteiger partial charge in [-0.2, -0.15) is 0 Å². The molecule has 0 aliphatic rings. The highest BCUT2D eigenvalue weighted by Crippen LogP contribution is 2.28. The summed E-state index contributed by atoms with van der Waals surface area (Å²) in [7, 11) is 3.71. The molecule has 0 saturated carbocycles. The fourth-order valence-corrected chi connectivity index (χ4v) is 2.82. The highest BCUT2D eigenvalue weighted by atomic mass is 79.9. The van der Waals surface area contributed by atoms with Gasteiger partial charge in [0, 0.05) is 18.1 Å². The SMILES string of the molecule is COc1cccc(CN(C)c2ccc(CO)cc2Br)c1. The van der Waals surface area contributed by atoms with E-state index in [1.807, 2.05) is 43.4 Å². The van der Waals surface area contributed by atoms with Gasteiger partial charge >= 0.3 is 0 Å². The van der Waals surface area contributed by atoms with E-state index in [4.69, 9.17) is 9.84 Å². The molecule has 2 aromatic rings. The minimum atomic E-state index is 0.0540. The van der Waals surface area contributed by atoms with Gasteiger partial charge in [-0.1, -0.05) is 18.2 Å². The number of anilines is 1. The lowest BCUT2D eigenvalue weighted by Crippen LogP contribution is -2.16. The van der Waals surface area contributed by atoms with E-state index in [1.54, 1.807) is 7.11 Å². The lowest BCUT2D eigenvalue weighted by Gasteiger charge is -2.21. The van der Waals surface area contributed by atoms with Crippen molar-refractivity contribution in [1.29, 1.82) is 0 Å². The van der Waals surface area contributed by atoms with Gasteiger partial charge in [0.25, 0.3) is 0 Å². The molecule has 0 spiro atoms. The molecule has 0 unspecified atom stereocenters. The lowest BCUT2D eigenvalue weighted by molar-refractivity contribution is 0.282. The van der Waals surface area contributed by atoms with E-state index in [0.717, 1.165) is 28.0 Å². The number of methoxy groups -OCH3 is 1. The second kappa shape index (κ2) is 6.77. The third kappa shape index (κ3) is 3.52. The molecule has 0 aliphatic heterocycles. The van der Waals surface area contributed by atoms with Crippen molar-refractivity contribution in [2.24, 2.45) is 0 Å². The molecule has 2 rings (SSSR count). The molecule has 0 saturated heterocycles. The van der Waals surface area contributed by atoms with Crippen LogP contribution < -0.4 is 9.64 Å². The number of aliphatic hydroxyl groups is 1. The molecule has 0 amide bonds. The predicted molar refractivity (Wildman–Crippen MR) is 85.2 cm³/mol. The second-order valence-corrected chi connectivity index (χ2v) is 5.51. The molecule has 0 atom stereocenters. The molecule has 0 aliphatic carbocycles. The normalized spacial score (nSPS) is 10.4. The van der Waals surface area contributed by atoms with Gasteiger partial charge in [-0.3, -0.25) is 0 Å². The number of nitrogens with zero attached hydrogens (tertiary/aromatic N) is 1. The van der Waals surface area contributed by atoms with Crippen LogP contribution in [0.3, 0.4) is 0 Å². The fraction of sp³-hybridized carbons (Fsp3) is 0.250. The topological polar surface area (TPSA) is 32.7 Å². The standard InChI is InChI=1S/C16H18BrNO2/c1-18(10-12-4-3-5-14(8-12)20-2)16-7-6-13(11-19)9-15(16)17/h3-9,19H,10-11H2,1-2H3. The van der Waals surface area contributed by atoms with Gasteiger partial charge in [0.1, 0.15) is 5.75 Å². The molecule has 0 heterocycles. The third-order valence-corrected chi connectivity index (χ3v) is 3.79. The minimum Gasteiger partial charge on any atom is -0.497 e. The summed E-state index contributed by atoms with van der Waals surface area (Å²) >= 11 is 3.55. The van der Waals surface area contributed by atoms with Crippen molar-refractivity contribution in [1.82, 2.24) is 0 Å². The largest absolute Gasteiger partial charge is 0.497 e. The molecule has 1 N–H and O–H groups in total. The summed E-state index contributed by atoms with van der Waals surface area (Å²) in [5.74, 6) is 0.866. The zero-order valence-electron chi connectivity index (χ0n) is 11.6. The van der Waals surface area contributed by atoms with Gasteiger partial charge < -0.3 is 14.7 Å². The van der Waals surface area contributed by atoms with E-state index in [-0.39, 0.29) is 6.61 Å². The number of hydrogen-bond donors (Lipinski definition) is 1. The van der Waals surface area contributed by atoms with Crippen molar-refractivity contribution in [2.45, 2.75) is 13.2 Å². The molecular weight excluding hydrogens is 318 g/mol. The Labute approximate surface area is 127 Å². The number of rotatable bonds is 5. The van der Waals surface area contributed by atoms with Crippen molar-refractivity contribution in [3.63, 3.8) is 0 Å². The van der Waals surface area contributed by atoms with Crippen LogP contribution in [-0.4, -0.2) is 19.3 Å². The van der Waals surface area contributed by atoms with Crippen LogP contribution in [0.15, 0.2) is 46.9 Å². The zero-order chi connectivity index (χ0) is 14.5. The summed E-state index contributed by atoms with van der Waals surface area (Å²) in [5.41, 5.74) is 3.17. The van der Waals surface area contributed by atoms with Crippen molar-refractivity contribution < 1.29 is 9.84 Å². The molecule has 106 valence electrons. The summed E-state index contributed by atoms with van der Waals surface area (Å²) in [6.45, 7) is 0.840. The Hall–Kier alpha value is -1.52. The summed E-state index contributed by atoms with van der Waals surface area (Å²) in [4.78, 5) is 2.15. The Morgan fingerprint density at radius 3 is 2.60 bits per heavy atom. The summed E-state index contributed by atoms with van der Waals surface area (Å²) in [5, 5.41) is 9.14. The summed E-state index contributed by atoms with van der Waals surface area (Å²) in [6.07, 6.45) is 0. The van der Waals surface area contributed by atoms with Crippen LogP contribution >= 0.6 is 15.9 Å². The van der Waals surface area contributed by atoms with Gasteiger partial charge in [-0.25, -0.2) is 0 Å². The van der Waals surface area contributed by atoms with Gasteiger partial charge in [-0.05, 0) is 51.3 Å². The molecule has 0 aromatic heterocycles. The van der Waals surface area contributed by atoms with E-state index in [2.05, 4.69) is 26.9 Å². The number of benzene rings is 2. The number of halogens is 1. The fourth-order valence-electron chi connectivity index (χ4n) is 2.09. The van der Waals surface area contributed by atoms with Crippen LogP contribution in [0.4, 0.5) is 5.69 Å². The first-order chi connectivity index (χ1) is 9.63. The van der Waals surface area contributed by atoms with Crippen molar-refractivity contribution in [3.8, 4) is 5.75 Å². The average Bonchev–Trinajstić information content (AvgIpc) is 2.47. The van der Waals surface area contributed by atoms with Crippen LogP contribution in [0.2, 0.25) is 0 Å². The van der Waals surface area contributed by atoms with Crippen molar-refractivity contribution >= 4 is 21.6 Å². The van der Waals surface area contributed by atoms with Crippen LogP contribution in [0.1, 0.15) is 11.1 Å². The molecule has 0 radical (unpaired) electrons. The lowest BCUT2D eigenvalue weighted by atomic mass is 10.1. The summed E-state index contributed by atoms with van der Waals surface area (Å²) in [6, 6.07) is 13.9. The molecule has 20 heavy (non-hydrogen) atoms. The first kappa shape index (κ1) is 14.9. The van der Waals surface area contributed by atoms with Gasteiger partial charge in [0.2, 0.25) is 0 Å². The highest BCUT2D eigenvalue weighted by molar-refractivity contribution is 9.10. The maximum Gasteiger partial charge on any atom is 0.119 e. The molecule has 3 nitrogen and oxygen atoms in total. The highest BCUT2D eigenvalue weighted by Gasteiger charge is 2.07. The summed E-state index contributed by atoms with van der Waals surface area (Å²) < 4.78 is 6.22.